The molecular formula is C9H8F3NO. The maximum absolute atomic E-state index is 12.4. The Morgan fingerprint density at radius 1 is 1.29 bits per heavy atom. The first-order valence-electron chi connectivity index (χ1n) is 3.82. The zero-order valence-electron chi connectivity index (χ0n) is 7.34. The van der Waals surface area contributed by atoms with Crippen LogP contribution in [0.1, 0.15) is 18.1 Å². The van der Waals surface area contributed by atoms with Gasteiger partial charge in [0.1, 0.15) is 0 Å². The minimum absolute atomic E-state index is 0.0575. The molecule has 1 aromatic rings. The van der Waals surface area contributed by atoms with Gasteiger partial charge < -0.3 is 5.21 Å². The van der Waals surface area contributed by atoms with E-state index in [1.807, 2.05) is 0 Å². The van der Waals surface area contributed by atoms with Crippen LogP contribution in [0.15, 0.2) is 29.4 Å². The smallest absolute Gasteiger partial charge is 0.411 e. The fraction of sp³-hybridized carbons (Fsp3) is 0.222. The first-order valence-corrected chi connectivity index (χ1v) is 3.82. The van der Waals surface area contributed by atoms with Gasteiger partial charge >= 0.3 is 6.18 Å². The Morgan fingerprint density at radius 3 is 2.36 bits per heavy atom. The van der Waals surface area contributed by atoms with E-state index in [9.17, 15) is 13.2 Å². The van der Waals surface area contributed by atoms with Gasteiger partial charge in [-0.3, -0.25) is 0 Å². The zero-order valence-corrected chi connectivity index (χ0v) is 7.34. The van der Waals surface area contributed by atoms with E-state index in [4.69, 9.17) is 5.21 Å². The van der Waals surface area contributed by atoms with E-state index < -0.39 is 11.7 Å². The number of halogens is 3. The summed E-state index contributed by atoms with van der Waals surface area (Å²) in [7, 11) is 0. The van der Waals surface area contributed by atoms with Crippen LogP contribution in [-0.4, -0.2) is 10.9 Å². The minimum atomic E-state index is -4.43. The van der Waals surface area contributed by atoms with Crippen molar-refractivity contribution < 1.29 is 18.4 Å². The SMILES string of the molecule is CC(=NO)c1ccccc1C(F)(F)F. The lowest BCUT2D eigenvalue weighted by molar-refractivity contribution is -0.137. The first kappa shape index (κ1) is 10.6. The normalized spacial score (nSPS) is 13.0. The molecule has 0 unspecified atom stereocenters. The number of benzene rings is 1. The summed E-state index contributed by atoms with van der Waals surface area (Å²) in [4.78, 5) is 0. The Kier molecular flexibility index (Phi) is 2.78. The number of oxime groups is 1. The van der Waals surface area contributed by atoms with Crippen molar-refractivity contribution in [1.29, 1.82) is 0 Å². The van der Waals surface area contributed by atoms with Crippen LogP contribution in [0.25, 0.3) is 0 Å². The van der Waals surface area contributed by atoms with Gasteiger partial charge in [0.2, 0.25) is 0 Å². The van der Waals surface area contributed by atoms with Crippen LogP contribution in [0.5, 0.6) is 0 Å². The van der Waals surface area contributed by atoms with Gasteiger partial charge in [-0.2, -0.15) is 13.2 Å². The van der Waals surface area contributed by atoms with Gasteiger partial charge in [-0.05, 0) is 13.0 Å². The molecule has 0 aliphatic heterocycles. The van der Waals surface area contributed by atoms with Crippen molar-refractivity contribution >= 4 is 5.71 Å². The van der Waals surface area contributed by atoms with Crippen molar-refractivity contribution in [2.45, 2.75) is 13.1 Å². The molecule has 5 heteroatoms. The van der Waals surface area contributed by atoms with Crippen molar-refractivity contribution in [3.05, 3.63) is 35.4 Å². The topological polar surface area (TPSA) is 32.6 Å². The summed E-state index contributed by atoms with van der Waals surface area (Å²) >= 11 is 0. The van der Waals surface area contributed by atoms with Gasteiger partial charge in [-0.15, -0.1) is 0 Å². The summed E-state index contributed by atoms with van der Waals surface area (Å²) < 4.78 is 37.2. The molecule has 0 amide bonds. The predicted octanol–water partition coefficient (Wildman–Crippen LogP) is 2.90. The van der Waals surface area contributed by atoms with Crippen LogP contribution in [-0.2, 0) is 6.18 Å². The quantitative estimate of drug-likeness (QED) is 0.425. The van der Waals surface area contributed by atoms with Crippen molar-refractivity contribution in [1.82, 2.24) is 0 Å². The van der Waals surface area contributed by atoms with E-state index in [2.05, 4.69) is 5.16 Å². The Bertz CT molecular complexity index is 357. The Hall–Kier alpha value is -1.52. The molecule has 0 saturated carbocycles. The van der Waals surface area contributed by atoms with Crippen LogP contribution < -0.4 is 0 Å². The van der Waals surface area contributed by atoms with Gasteiger partial charge in [0.25, 0.3) is 0 Å². The van der Waals surface area contributed by atoms with Crippen LogP contribution in [0.4, 0.5) is 13.2 Å². The lowest BCUT2D eigenvalue weighted by atomic mass is 10.0. The molecule has 0 bridgehead atoms. The standard InChI is InChI=1S/C9H8F3NO/c1-6(13-14)7-4-2-3-5-8(7)9(10,11)12/h2-5,14H,1H3. The number of hydrogen-bond donors (Lipinski definition) is 1. The monoisotopic (exact) mass is 203 g/mol. The molecule has 1 rings (SSSR count). The van der Waals surface area contributed by atoms with E-state index >= 15 is 0 Å². The maximum Gasteiger partial charge on any atom is 0.417 e. The van der Waals surface area contributed by atoms with Crippen molar-refractivity contribution in [2.24, 2.45) is 5.16 Å². The van der Waals surface area contributed by atoms with Crippen molar-refractivity contribution in [3.8, 4) is 0 Å². The third-order valence-electron chi connectivity index (χ3n) is 1.77. The zero-order chi connectivity index (χ0) is 10.8. The summed E-state index contributed by atoms with van der Waals surface area (Å²) in [5.74, 6) is 0. The van der Waals surface area contributed by atoms with E-state index in [1.54, 1.807) is 0 Å². The molecule has 0 radical (unpaired) electrons. The first-order chi connectivity index (χ1) is 6.46. The Balaban J connectivity index is 3.31. The number of hydrogen-bond acceptors (Lipinski definition) is 2. The second kappa shape index (κ2) is 3.69. The highest BCUT2D eigenvalue weighted by Gasteiger charge is 2.33. The molecule has 76 valence electrons. The molecule has 0 atom stereocenters. The predicted molar refractivity (Wildman–Crippen MR) is 45.4 cm³/mol. The molecule has 1 aromatic carbocycles. The molecule has 0 aliphatic carbocycles. The average molecular weight is 203 g/mol. The lowest BCUT2D eigenvalue weighted by Gasteiger charge is -2.10. The molecule has 0 aliphatic rings. The number of rotatable bonds is 1. The van der Waals surface area contributed by atoms with Gasteiger partial charge in [-0.25, -0.2) is 0 Å². The van der Waals surface area contributed by atoms with E-state index in [-0.39, 0.29) is 11.3 Å². The van der Waals surface area contributed by atoms with Crippen molar-refractivity contribution in [2.75, 3.05) is 0 Å². The highest BCUT2D eigenvalue weighted by atomic mass is 19.4. The molecule has 0 saturated heterocycles. The molecule has 14 heavy (non-hydrogen) atoms. The summed E-state index contributed by atoms with van der Waals surface area (Å²) in [6.07, 6.45) is -4.43. The van der Waals surface area contributed by atoms with E-state index in [0.717, 1.165) is 6.07 Å². The molecular weight excluding hydrogens is 195 g/mol. The summed E-state index contributed by atoms with van der Waals surface area (Å²) in [6.45, 7) is 1.31. The highest BCUT2D eigenvalue weighted by Crippen LogP contribution is 2.31. The molecule has 0 heterocycles. The van der Waals surface area contributed by atoms with Crippen molar-refractivity contribution in [3.63, 3.8) is 0 Å². The third kappa shape index (κ3) is 2.04. The third-order valence-corrected chi connectivity index (χ3v) is 1.77. The van der Waals surface area contributed by atoms with Gasteiger partial charge in [0.05, 0.1) is 11.3 Å². The van der Waals surface area contributed by atoms with E-state index in [0.29, 0.717) is 0 Å². The van der Waals surface area contributed by atoms with Crippen LogP contribution in [0.2, 0.25) is 0 Å². The lowest BCUT2D eigenvalue weighted by Crippen LogP contribution is -2.11. The Morgan fingerprint density at radius 2 is 1.86 bits per heavy atom. The average Bonchev–Trinajstić information content (AvgIpc) is 2.15. The fourth-order valence-electron chi connectivity index (χ4n) is 1.10. The number of nitrogens with zero attached hydrogens (tertiary/aromatic N) is 1. The summed E-state index contributed by atoms with van der Waals surface area (Å²) in [6, 6.07) is 4.96. The van der Waals surface area contributed by atoms with Gasteiger partial charge in [0, 0.05) is 5.56 Å². The highest BCUT2D eigenvalue weighted by molar-refractivity contribution is 5.99. The summed E-state index contributed by atoms with van der Waals surface area (Å²) in [5, 5.41) is 11.1. The summed E-state index contributed by atoms with van der Waals surface area (Å²) in [5.41, 5.74) is -0.962. The van der Waals surface area contributed by atoms with Crippen LogP contribution in [0.3, 0.4) is 0 Å². The Labute approximate surface area is 78.7 Å². The minimum Gasteiger partial charge on any atom is -0.411 e. The van der Waals surface area contributed by atoms with Gasteiger partial charge in [-0.1, -0.05) is 23.4 Å². The molecule has 0 fully saturated rings. The second-order valence-electron chi connectivity index (χ2n) is 2.73. The second-order valence-corrected chi connectivity index (χ2v) is 2.73. The largest absolute Gasteiger partial charge is 0.417 e. The molecule has 2 nitrogen and oxygen atoms in total. The van der Waals surface area contributed by atoms with Crippen LogP contribution >= 0.6 is 0 Å². The fourth-order valence-corrected chi connectivity index (χ4v) is 1.10. The molecule has 0 spiro atoms. The van der Waals surface area contributed by atoms with Gasteiger partial charge in [0.15, 0.2) is 0 Å². The number of alkyl halides is 3. The van der Waals surface area contributed by atoms with Crippen LogP contribution in [0, 0.1) is 0 Å². The van der Waals surface area contributed by atoms with E-state index in [1.165, 1.54) is 25.1 Å². The maximum atomic E-state index is 12.4. The molecule has 0 aromatic heterocycles. The molecule has 1 N–H and O–H groups in total.